The fourth-order valence-electron chi connectivity index (χ4n) is 2.00. The molecule has 1 aliphatic rings. The highest BCUT2D eigenvalue weighted by atomic mass is 16.6. The maximum absolute atomic E-state index is 11.9. The van der Waals surface area contributed by atoms with Crippen molar-refractivity contribution >= 4 is 5.97 Å². The SMILES string of the molecule is CC1O[C@@H](O)C(OC(=O)c2ccccc2)C[C@H]1C. The Kier molecular flexibility index (Phi) is 3.99. The molecule has 0 amide bonds. The van der Waals surface area contributed by atoms with Crippen LogP contribution in [0.15, 0.2) is 30.3 Å². The Morgan fingerprint density at radius 1 is 1.33 bits per heavy atom. The van der Waals surface area contributed by atoms with Crippen molar-refractivity contribution in [1.29, 1.82) is 0 Å². The average Bonchev–Trinajstić information content (AvgIpc) is 2.37. The van der Waals surface area contributed by atoms with E-state index in [0.29, 0.717) is 12.0 Å². The molecule has 1 heterocycles. The summed E-state index contributed by atoms with van der Waals surface area (Å²) in [6.07, 6.45) is -1.04. The van der Waals surface area contributed by atoms with Crippen molar-refractivity contribution in [2.24, 2.45) is 5.92 Å². The first-order valence-electron chi connectivity index (χ1n) is 6.17. The van der Waals surface area contributed by atoms with E-state index in [0.717, 1.165) is 0 Å². The van der Waals surface area contributed by atoms with Crippen molar-refractivity contribution in [1.82, 2.24) is 0 Å². The highest BCUT2D eigenvalue weighted by Crippen LogP contribution is 2.26. The van der Waals surface area contributed by atoms with Crippen molar-refractivity contribution < 1.29 is 19.4 Å². The Morgan fingerprint density at radius 2 is 2.00 bits per heavy atom. The van der Waals surface area contributed by atoms with Gasteiger partial charge in [-0.3, -0.25) is 0 Å². The first-order chi connectivity index (χ1) is 8.58. The second-order valence-electron chi connectivity index (χ2n) is 4.75. The summed E-state index contributed by atoms with van der Waals surface area (Å²) >= 11 is 0. The van der Waals surface area contributed by atoms with Crippen LogP contribution in [0, 0.1) is 5.92 Å². The largest absolute Gasteiger partial charge is 0.453 e. The minimum Gasteiger partial charge on any atom is -0.453 e. The van der Waals surface area contributed by atoms with Crippen LogP contribution >= 0.6 is 0 Å². The fraction of sp³-hybridized carbons (Fsp3) is 0.500. The van der Waals surface area contributed by atoms with E-state index in [4.69, 9.17) is 9.47 Å². The van der Waals surface area contributed by atoms with Crippen molar-refractivity contribution in [2.75, 3.05) is 0 Å². The standard InChI is InChI=1S/C14H18O4/c1-9-8-12(14(16)17-10(9)2)18-13(15)11-6-4-3-5-7-11/h3-7,9-10,12,14,16H,8H2,1-2H3/t9-,10?,12?,14-/m1/s1. The summed E-state index contributed by atoms with van der Waals surface area (Å²) in [5, 5.41) is 9.75. The molecule has 1 N–H and O–H groups in total. The molecule has 18 heavy (non-hydrogen) atoms. The molecule has 1 aromatic carbocycles. The molecular formula is C14H18O4. The van der Waals surface area contributed by atoms with E-state index in [1.807, 2.05) is 19.9 Å². The van der Waals surface area contributed by atoms with Gasteiger partial charge in [0.2, 0.25) is 0 Å². The Balaban J connectivity index is 1.99. The van der Waals surface area contributed by atoms with Crippen LogP contribution in [0.3, 0.4) is 0 Å². The summed E-state index contributed by atoms with van der Waals surface area (Å²) in [4.78, 5) is 11.9. The maximum atomic E-state index is 11.9. The quantitative estimate of drug-likeness (QED) is 0.815. The van der Waals surface area contributed by atoms with E-state index in [9.17, 15) is 9.90 Å². The summed E-state index contributed by atoms with van der Waals surface area (Å²) in [5.41, 5.74) is 0.482. The van der Waals surface area contributed by atoms with Gasteiger partial charge in [-0.25, -0.2) is 4.79 Å². The van der Waals surface area contributed by atoms with Crippen LogP contribution in [0.25, 0.3) is 0 Å². The predicted molar refractivity (Wildman–Crippen MR) is 66.0 cm³/mol. The lowest BCUT2D eigenvalue weighted by atomic mass is 9.95. The second kappa shape index (κ2) is 5.50. The fourth-order valence-corrected chi connectivity index (χ4v) is 2.00. The van der Waals surface area contributed by atoms with Gasteiger partial charge < -0.3 is 14.6 Å². The molecule has 1 aromatic rings. The van der Waals surface area contributed by atoms with Gasteiger partial charge in [0.1, 0.15) is 0 Å². The normalized spacial score (nSPS) is 31.9. The van der Waals surface area contributed by atoms with Crippen molar-refractivity contribution in [3.63, 3.8) is 0 Å². The molecule has 1 fully saturated rings. The first kappa shape index (κ1) is 13.1. The molecular weight excluding hydrogens is 232 g/mol. The number of hydrogen-bond donors (Lipinski definition) is 1. The number of aliphatic hydroxyl groups is 1. The number of benzene rings is 1. The summed E-state index contributed by atoms with van der Waals surface area (Å²) in [5.74, 6) is -0.174. The smallest absolute Gasteiger partial charge is 0.338 e. The number of carbonyl (C=O) groups is 1. The lowest BCUT2D eigenvalue weighted by molar-refractivity contribution is -0.226. The highest BCUT2D eigenvalue weighted by Gasteiger charge is 2.35. The third-order valence-corrected chi connectivity index (χ3v) is 3.35. The van der Waals surface area contributed by atoms with E-state index >= 15 is 0 Å². The molecule has 1 saturated heterocycles. The van der Waals surface area contributed by atoms with Gasteiger partial charge >= 0.3 is 5.97 Å². The highest BCUT2D eigenvalue weighted by molar-refractivity contribution is 5.89. The molecule has 0 spiro atoms. The summed E-state index contributed by atoms with van der Waals surface area (Å²) in [6, 6.07) is 8.75. The Labute approximate surface area is 107 Å². The topological polar surface area (TPSA) is 55.8 Å². The molecule has 0 bridgehead atoms. The van der Waals surface area contributed by atoms with Crippen LogP contribution in [0.4, 0.5) is 0 Å². The van der Waals surface area contributed by atoms with E-state index in [1.165, 1.54) is 0 Å². The zero-order valence-corrected chi connectivity index (χ0v) is 10.6. The number of esters is 1. The zero-order valence-electron chi connectivity index (χ0n) is 10.6. The first-order valence-corrected chi connectivity index (χ1v) is 6.17. The molecule has 98 valence electrons. The minimum absolute atomic E-state index is 0.0216. The average molecular weight is 250 g/mol. The Morgan fingerprint density at radius 3 is 2.67 bits per heavy atom. The number of ether oxygens (including phenoxy) is 2. The monoisotopic (exact) mass is 250 g/mol. The van der Waals surface area contributed by atoms with Crippen molar-refractivity contribution in [3.8, 4) is 0 Å². The van der Waals surface area contributed by atoms with Gasteiger partial charge in [-0.2, -0.15) is 0 Å². The van der Waals surface area contributed by atoms with Crippen LogP contribution in [0.1, 0.15) is 30.6 Å². The summed E-state index contributed by atoms with van der Waals surface area (Å²) < 4.78 is 10.6. The number of rotatable bonds is 2. The van der Waals surface area contributed by atoms with Gasteiger partial charge in [0, 0.05) is 0 Å². The van der Waals surface area contributed by atoms with Gasteiger partial charge in [0.15, 0.2) is 12.4 Å². The Hall–Kier alpha value is -1.39. The number of hydrogen-bond acceptors (Lipinski definition) is 4. The zero-order chi connectivity index (χ0) is 13.1. The van der Waals surface area contributed by atoms with Gasteiger partial charge in [-0.1, -0.05) is 25.1 Å². The number of aliphatic hydroxyl groups excluding tert-OH is 1. The van der Waals surface area contributed by atoms with Crippen molar-refractivity contribution in [3.05, 3.63) is 35.9 Å². The molecule has 2 unspecified atom stereocenters. The second-order valence-corrected chi connectivity index (χ2v) is 4.75. The lowest BCUT2D eigenvalue weighted by Crippen LogP contribution is -2.44. The molecule has 4 nitrogen and oxygen atoms in total. The number of carbonyl (C=O) groups excluding carboxylic acids is 1. The summed E-state index contributed by atoms with van der Waals surface area (Å²) in [7, 11) is 0. The third-order valence-electron chi connectivity index (χ3n) is 3.35. The molecule has 1 aliphatic heterocycles. The van der Waals surface area contributed by atoms with Crippen LogP contribution in [0.5, 0.6) is 0 Å². The molecule has 0 aliphatic carbocycles. The minimum atomic E-state index is -1.04. The van der Waals surface area contributed by atoms with Crippen LogP contribution in [0.2, 0.25) is 0 Å². The van der Waals surface area contributed by atoms with E-state index in [-0.39, 0.29) is 12.0 Å². The Bertz CT molecular complexity index is 404. The van der Waals surface area contributed by atoms with Crippen molar-refractivity contribution in [2.45, 2.75) is 38.8 Å². The molecule has 4 atom stereocenters. The van der Waals surface area contributed by atoms with Crippen LogP contribution < -0.4 is 0 Å². The maximum Gasteiger partial charge on any atom is 0.338 e. The van der Waals surface area contributed by atoms with Gasteiger partial charge in [0.25, 0.3) is 0 Å². The van der Waals surface area contributed by atoms with Crippen LogP contribution in [-0.4, -0.2) is 29.6 Å². The van der Waals surface area contributed by atoms with Crippen LogP contribution in [-0.2, 0) is 9.47 Å². The molecule has 0 aromatic heterocycles. The van der Waals surface area contributed by atoms with Gasteiger partial charge in [0.05, 0.1) is 11.7 Å². The molecule has 4 heteroatoms. The van der Waals surface area contributed by atoms with E-state index in [1.54, 1.807) is 24.3 Å². The van der Waals surface area contributed by atoms with Gasteiger partial charge in [-0.15, -0.1) is 0 Å². The third kappa shape index (κ3) is 2.89. The summed E-state index contributed by atoms with van der Waals surface area (Å²) in [6.45, 7) is 3.92. The molecule has 0 saturated carbocycles. The van der Waals surface area contributed by atoms with E-state index in [2.05, 4.69) is 0 Å². The molecule has 0 radical (unpaired) electrons. The van der Waals surface area contributed by atoms with Gasteiger partial charge in [-0.05, 0) is 31.4 Å². The van der Waals surface area contributed by atoms with E-state index < -0.39 is 18.4 Å². The molecule has 2 rings (SSSR count). The predicted octanol–water partition coefficient (Wildman–Crippen LogP) is 1.98. The lowest BCUT2D eigenvalue weighted by Gasteiger charge is -2.35.